The zero-order valence-electron chi connectivity index (χ0n) is 20.5. The second kappa shape index (κ2) is 8.59. The second-order valence-corrected chi connectivity index (χ2v) is 9.38. The summed E-state index contributed by atoms with van der Waals surface area (Å²) in [6.45, 7) is 13.3. The topological polar surface area (TPSA) is 71.6 Å². The number of aromatic nitrogens is 5. The number of benzene rings is 1. The molecule has 4 aromatic rings. The van der Waals surface area contributed by atoms with E-state index in [4.69, 9.17) is 0 Å². The van der Waals surface area contributed by atoms with Gasteiger partial charge < -0.3 is 14.4 Å². The van der Waals surface area contributed by atoms with Crippen LogP contribution in [-0.2, 0) is 0 Å². The van der Waals surface area contributed by atoms with E-state index in [0.29, 0.717) is 24.8 Å². The molecule has 34 heavy (non-hydrogen) atoms. The molecule has 0 spiro atoms. The average molecular weight is 458 g/mol. The predicted octanol–water partition coefficient (Wildman–Crippen LogP) is 3.93. The van der Waals surface area contributed by atoms with Gasteiger partial charge in [-0.15, -0.1) is 0 Å². The van der Waals surface area contributed by atoms with E-state index < -0.39 is 0 Å². The molecule has 0 radical (unpaired) electrons. The summed E-state index contributed by atoms with van der Waals surface area (Å²) in [5, 5.41) is 4.32. The molecule has 1 aromatic carbocycles. The van der Waals surface area contributed by atoms with Gasteiger partial charge in [0, 0.05) is 55.0 Å². The Labute approximate surface area is 199 Å². The normalized spacial score (nSPS) is 14.4. The van der Waals surface area contributed by atoms with Crippen LogP contribution in [-0.4, -0.2) is 61.1 Å². The lowest BCUT2D eigenvalue weighted by Gasteiger charge is -2.36. The van der Waals surface area contributed by atoms with Crippen LogP contribution in [0.15, 0.2) is 42.7 Å². The first-order valence-corrected chi connectivity index (χ1v) is 11.8. The van der Waals surface area contributed by atoms with E-state index in [2.05, 4.69) is 69.6 Å². The monoisotopic (exact) mass is 457 g/mol. The van der Waals surface area contributed by atoms with Crippen molar-refractivity contribution in [3.8, 4) is 5.69 Å². The molecule has 1 aliphatic heterocycles. The molecule has 0 N–H and O–H groups in total. The van der Waals surface area contributed by atoms with E-state index in [1.807, 2.05) is 30.9 Å². The molecule has 0 atom stereocenters. The Morgan fingerprint density at radius 3 is 2.50 bits per heavy atom. The van der Waals surface area contributed by atoms with Crippen molar-refractivity contribution in [1.29, 1.82) is 0 Å². The van der Waals surface area contributed by atoms with Gasteiger partial charge in [-0.3, -0.25) is 4.79 Å². The fourth-order valence-corrected chi connectivity index (χ4v) is 4.85. The van der Waals surface area contributed by atoms with Gasteiger partial charge in [-0.2, -0.15) is 14.6 Å². The summed E-state index contributed by atoms with van der Waals surface area (Å²) in [6.07, 6.45) is 1.53. The molecule has 1 saturated heterocycles. The Morgan fingerprint density at radius 2 is 1.76 bits per heavy atom. The maximum atomic E-state index is 13.5. The number of fused-ring (bicyclic) bond motifs is 1. The largest absolute Gasteiger partial charge is 0.353 e. The van der Waals surface area contributed by atoms with Gasteiger partial charge in [0.2, 0.25) is 0 Å². The molecule has 1 aliphatic rings. The van der Waals surface area contributed by atoms with Crippen LogP contribution < -0.4 is 4.90 Å². The molecule has 176 valence electrons. The molecule has 0 unspecified atom stereocenters. The van der Waals surface area contributed by atoms with Gasteiger partial charge in [0.15, 0.2) is 0 Å². The Hall–Kier alpha value is -3.68. The molecule has 5 rings (SSSR count). The van der Waals surface area contributed by atoms with Crippen molar-refractivity contribution < 1.29 is 4.79 Å². The van der Waals surface area contributed by atoms with Crippen LogP contribution in [0.5, 0.6) is 0 Å². The second-order valence-electron chi connectivity index (χ2n) is 9.38. The average Bonchev–Trinajstić information content (AvgIpc) is 3.41. The lowest BCUT2D eigenvalue weighted by atomic mass is 10.0. The van der Waals surface area contributed by atoms with Gasteiger partial charge in [-0.25, -0.2) is 4.98 Å². The fourth-order valence-electron chi connectivity index (χ4n) is 4.85. The van der Waals surface area contributed by atoms with Crippen molar-refractivity contribution in [2.45, 2.75) is 40.5 Å². The summed E-state index contributed by atoms with van der Waals surface area (Å²) in [4.78, 5) is 26.4. The van der Waals surface area contributed by atoms with Crippen LogP contribution in [0, 0.1) is 20.8 Å². The van der Waals surface area contributed by atoms with Crippen LogP contribution in [0.3, 0.4) is 0 Å². The molecule has 1 amide bonds. The Bertz CT molecular complexity index is 1360. The molecule has 0 saturated carbocycles. The highest BCUT2D eigenvalue weighted by Gasteiger charge is 2.27. The summed E-state index contributed by atoms with van der Waals surface area (Å²) in [5.74, 6) is 2.12. The van der Waals surface area contributed by atoms with Crippen molar-refractivity contribution in [3.63, 3.8) is 0 Å². The van der Waals surface area contributed by atoms with Gasteiger partial charge in [-0.05, 0) is 50.5 Å². The Kier molecular flexibility index (Phi) is 5.59. The first kappa shape index (κ1) is 22.1. The number of carbonyl (C=O) groups is 1. The quantitative estimate of drug-likeness (QED) is 0.464. The summed E-state index contributed by atoms with van der Waals surface area (Å²) in [7, 11) is 0. The summed E-state index contributed by atoms with van der Waals surface area (Å²) in [5.41, 5.74) is 6.14. The number of aryl methyl sites for hydroxylation is 2. The van der Waals surface area contributed by atoms with Crippen LogP contribution in [0.1, 0.15) is 52.8 Å². The van der Waals surface area contributed by atoms with Crippen LogP contribution in [0.25, 0.3) is 11.5 Å². The molecular formula is C26H31N7O. The minimum absolute atomic E-state index is 0.0934. The number of carbonyl (C=O) groups excluding carboxylic acids is 1. The number of anilines is 1. The fraction of sp³-hybridized carbons (Fsp3) is 0.385. The maximum Gasteiger partial charge on any atom is 0.255 e. The predicted molar refractivity (Wildman–Crippen MR) is 133 cm³/mol. The number of amides is 1. The first-order valence-electron chi connectivity index (χ1n) is 11.8. The number of hydrogen-bond donors (Lipinski definition) is 0. The van der Waals surface area contributed by atoms with Crippen molar-refractivity contribution in [2.24, 2.45) is 0 Å². The summed E-state index contributed by atoms with van der Waals surface area (Å²) >= 11 is 0. The van der Waals surface area contributed by atoms with E-state index in [-0.39, 0.29) is 5.91 Å². The third-order valence-corrected chi connectivity index (χ3v) is 6.71. The SMILES string of the molecule is Cc1cc(N2CCN(C(=O)c3cc(C)n(-c4cccc(C(C)C)c4)c3C)CC2)n2ncnc2n1. The van der Waals surface area contributed by atoms with Gasteiger partial charge >= 0.3 is 0 Å². The molecule has 0 aliphatic carbocycles. The van der Waals surface area contributed by atoms with Crippen molar-refractivity contribution in [1.82, 2.24) is 29.0 Å². The number of hydrogen-bond acceptors (Lipinski definition) is 5. The van der Waals surface area contributed by atoms with Gasteiger partial charge in [0.05, 0.1) is 5.56 Å². The van der Waals surface area contributed by atoms with Crippen LogP contribution in [0.4, 0.5) is 5.82 Å². The number of nitrogens with zero attached hydrogens (tertiary/aromatic N) is 7. The third kappa shape index (κ3) is 3.83. The minimum atomic E-state index is 0.0934. The molecule has 1 fully saturated rings. The molecular weight excluding hydrogens is 426 g/mol. The zero-order valence-corrected chi connectivity index (χ0v) is 20.5. The molecule has 4 heterocycles. The van der Waals surface area contributed by atoms with Crippen LogP contribution >= 0.6 is 0 Å². The Balaban J connectivity index is 1.36. The molecule has 3 aromatic heterocycles. The highest BCUT2D eigenvalue weighted by molar-refractivity contribution is 5.96. The Morgan fingerprint density at radius 1 is 1.00 bits per heavy atom. The number of rotatable bonds is 4. The van der Waals surface area contributed by atoms with E-state index in [0.717, 1.165) is 47.2 Å². The zero-order chi connectivity index (χ0) is 24.0. The highest BCUT2D eigenvalue weighted by atomic mass is 16.2. The highest BCUT2D eigenvalue weighted by Crippen LogP contribution is 2.26. The van der Waals surface area contributed by atoms with E-state index in [1.54, 1.807) is 4.52 Å². The third-order valence-electron chi connectivity index (χ3n) is 6.71. The lowest BCUT2D eigenvalue weighted by Crippen LogP contribution is -2.49. The van der Waals surface area contributed by atoms with Gasteiger partial charge in [-0.1, -0.05) is 26.0 Å². The minimum Gasteiger partial charge on any atom is -0.353 e. The van der Waals surface area contributed by atoms with E-state index >= 15 is 0 Å². The van der Waals surface area contributed by atoms with E-state index in [1.165, 1.54) is 11.9 Å². The summed E-state index contributed by atoms with van der Waals surface area (Å²) in [6, 6.07) is 12.6. The van der Waals surface area contributed by atoms with Crippen LogP contribution in [0.2, 0.25) is 0 Å². The lowest BCUT2D eigenvalue weighted by molar-refractivity contribution is 0.0745. The van der Waals surface area contributed by atoms with Crippen molar-refractivity contribution in [2.75, 3.05) is 31.1 Å². The number of piperazine rings is 1. The standard InChI is InChI=1S/C26H31N7O/c1-17(2)21-7-6-8-22(15-21)32-19(4)14-23(20(32)5)25(34)31-11-9-30(10-12-31)24-13-18(3)29-26-27-16-28-33(24)26/h6-8,13-17H,9-12H2,1-5H3. The molecule has 8 heteroatoms. The van der Waals surface area contributed by atoms with Gasteiger partial charge in [0.1, 0.15) is 12.1 Å². The van der Waals surface area contributed by atoms with Crippen molar-refractivity contribution in [3.05, 3.63) is 70.9 Å². The molecule has 8 nitrogen and oxygen atoms in total. The maximum absolute atomic E-state index is 13.5. The molecule has 0 bridgehead atoms. The van der Waals surface area contributed by atoms with Crippen molar-refractivity contribution >= 4 is 17.5 Å². The first-order chi connectivity index (χ1) is 16.3. The van der Waals surface area contributed by atoms with E-state index in [9.17, 15) is 4.79 Å². The van der Waals surface area contributed by atoms with Gasteiger partial charge in [0.25, 0.3) is 11.7 Å². The summed E-state index contributed by atoms with van der Waals surface area (Å²) < 4.78 is 3.96. The smallest absolute Gasteiger partial charge is 0.255 e.